The molecule has 0 spiro atoms. The Labute approximate surface area is 109 Å². The Morgan fingerprint density at radius 2 is 2.00 bits per heavy atom. The largest absolute Gasteiger partial charge is 0.490 e. The normalized spacial score (nSPS) is 23.9. The minimum Gasteiger partial charge on any atom is -0.490 e. The third-order valence-electron chi connectivity index (χ3n) is 3.54. The summed E-state index contributed by atoms with van der Waals surface area (Å²) in [6.45, 7) is 0.844. The predicted octanol–water partition coefficient (Wildman–Crippen LogP) is 2.74. The van der Waals surface area contributed by atoms with Gasteiger partial charge in [-0.2, -0.15) is 0 Å². The molecule has 1 aliphatic carbocycles. The SMILES string of the molecule is CNCc1ccccc1OC1CCCC(OC)C1. The number of hydrogen-bond donors (Lipinski definition) is 1. The van der Waals surface area contributed by atoms with E-state index in [2.05, 4.69) is 23.5 Å². The Morgan fingerprint density at radius 1 is 1.22 bits per heavy atom. The van der Waals surface area contributed by atoms with Crippen LogP contribution in [0.25, 0.3) is 0 Å². The van der Waals surface area contributed by atoms with Gasteiger partial charge < -0.3 is 14.8 Å². The molecule has 3 heteroatoms. The predicted molar refractivity (Wildman–Crippen MR) is 72.9 cm³/mol. The van der Waals surface area contributed by atoms with Crippen LogP contribution in [0.5, 0.6) is 5.75 Å². The summed E-state index contributed by atoms with van der Waals surface area (Å²) < 4.78 is 11.6. The molecule has 2 unspecified atom stereocenters. The molecule has 0 aliphatic heterocycles. The molecule has 1 aromatic carbocycles. The van der Waals surface area contributed by atoms with Crippen LogP contribution in [0.2, 0.25) is 0 Å². The first-order valence-corrected chi connectivity index (χ1v) is 6.75. The molecule has 100 valence electrons. The van der Waals surface area contributed by atoms with Gasteiger partial charge in [-0.1, -0.05) is 18.2 Å². The number of ether oxygens (including phenoxy) is 2. The summed E-state index contributed by atoms with van der Waals surface area (Å²) in [6.07, 6.45) is 5.14. The minimum atomic E-state index is 0.293. The maximum atomic E-state index is 6.15. The molecule has 0 amide bonds. The fourth-order valence-electron chi connectivity index (χ4n) is 2.56. The summed E-state index contributed by atoms with van der Waals surface area (Å²) in [5, 5.41) is 3.18. The van der Waals surface area contributed by atoms with Gasteiger partial charge in [0.1, 0.15) is 11.9 Å². The van der Waals surface area contributed by atoms with Gasteiger partial charge in [0.25, 0.3) is 0 Å². The number of rotatable bonds is 5. The molecule has 0 radical (unpaired) electrons. The summed E-state index contributed by atoms with van der Waals surface area (Å²) >= 11 is 0. The summed E-state index contributed by atoms with van der Waals surface area (Å²) in [7, 11) is 3.75. The van der Waals surface area contributed by atoms with Gasteiger partial charge in [-0.05, 0) is 32.4 Å². The molecule has 2 atom stereocenters. The zero-order chi connectivity index (χ0) is 12.8. The summed E-state index contributed by atoms with van der Waals surface area (Å²) in [5.41, 5.74) is 1.22. The average molecular weight is 249 g/mol. The van der Waals surface area contributed by atoms with Crippen molar-refractivity contribution in [3.05, 3.63) is 29.8 Å². The van der Waals surface area contributed by atoms with E-state index >= 15 is 0 Å². The van der Waals surface area contributed by atoms with Crippen LogP contribution >= 0.6 is 0 Å². The highest BCUT2D eigenvalue weighted by molar-refractivity contribution is 5.33. The van der Waals surface area contributed by atoms with Crippen LogP contribution in [0.1, 0.15) is 31.2 Å². The maximum Gasteiger partial charge on any atom is 0.124 e. The molecule has 0 aromatic heterocycles. The molecule has 2 rings (SSSR count). The highest BCUT2D eigenvalue weighted by Crippen LogP contribution is 2.27. The fraction of sp³-hybridized carbons (Fsp3) is 0.600. The van der Waals surface area contributed by atoms with E-state index in [-0.39, 0.29) is 0 Å². The lowest BCUT2D eigenvalue weighted by molar-refractivity contribution is 0.0206. The van der Waals surface area contributed by atoms with Gasteiger partial charge in [-0.15, -0.1) is 0 Å². The van der Waals surface area contributed by atoms with Crippen molar-refractivity contribution < 1.29 is 9.47 Å². The molecule has 0 saturated heterocycles. The first-order valence-electron chi connectivity index (χ1n) is 6.75. The second kappa shape index (κ2) is 6.76. The molecular weight excluding hydrogens is 226 g/mol. The molecule has 18 heavy (non-hydrogen) atoms. The van der Waals surface area contributed by atoms with Gasteiger partial charge >= 0.3 is 0 Å². The van der Waals surface area contributed by atoms with Crippen molar-refractivity contribution >= 4 is 0 Å². The molecule has 1 saturated carbocycles. The molecule has 1 aliphatic rings. The zero-order valence-electron chi connectivity index (χ0n) is 11.3. The van der Waals surface area contributed by atoms with Crippen molar-refractivity contribution in [3.63, 3.8) is 0 Å². The molecule has 0 heterocycles. The number of methoxy groups -OCH3 is 1. The summed E-state index contributed by atoms with van der Waals surface area (Å²) in [5.74, 6) is 1.01. The fourth-order valence-corrected chi connectivity index (χ4v) is 2.56. The molecule has 0 bridgehead atoms. The number of hydrogen-bond acceptors (Lipinski definition) is 3. The third-order valence-corrected chi connectivity index (χ3v) is 3.54. The zero-order valence-corrected chi connectivity index (χ0v) is 11.3. The van der Waals surface area contributed by atoms with Gasteiger partial charge in [-0.25, -0.2) is 0 Å². The topological polar surface area (TPSA) is 30.5 Å². The van der Waals surface area contributed by atoms with E-state index in [1.54, 1.807) is 7.11 Å². The van der Waals surface area contributed by atoms with E-state index in [0.717, 1.165) is 31.6 Å². The van der Waals surface area contributed by atoms with Crippen molar-refractivity contribution in [3.8, 4) is 5.75 Å². The van der Waals surface area contributed by atoms with Crippen molar-refractivity contribution in [2.24, 2.45) is 0 Å². The molecule has 1 N–H and O–H groups in total. The van der Waals surface area contributed by atoms with Crippen LogP contribution in [0.15, 0.2) is 24.3 Å². The molecule has 3 nitrogen and oxygen atoms in total. The van der Waals surface area contributed by atoms with Crippen molar-refractivity contribution in [2.75, 3.05) is 14.2 Å². The monoisotopic (exact) mass is 249 g/mol. The lowest BCUT2D eigenvalue weighted by Gasteiger charge is -2.29. The number of para-hydroxylation sites is 1. The van der Waals surface area contributed by atoms with Gasteiger partial charge in [0.2, 0.25) is 0 Å². The van der Waals surface area contributed by atoms with Crippen molar-refractivity contribution in [2.45, 2.75) is 44.4 Å². The Bertz CT molecular complexity index is 367. The summed E-state index contributed by atoms with van der Waals surface area (Å²) in [4.78, 5) is 0. The highest BCUT2D eigenvalue weighted by atomic mass is 16.5. The van der Waals surface area contributed by atoms with E-state index < -0.39 is 0 Å². The lowest BCUT2D eigenvalue weighted by atomic mass is 9.95. The van der Waals surface area contributed by atoms with E-state index in [9.17, 15) is 0 Å². The van der Waals surface area contributed by atoms with E-state index in [1.807, 2.05) is 13.1 Å². The van der Waals surface area contributed by atoms with Crippen LogP contribution in [0.4, 0.5) is 0 Å². The average Bonchev–Trinajstić information content (AvgIpc) is 2.41. The highest BCUT2D eigenvalue weighted by Gasteiger charge is 2.23. The molecule has 1 fully saturated rings. The van der Waals surface area contributed by atoms with Crippen LogP contribution in [0, 0.1) is 0 Å². The minimum absolute atomic E-state index is 0.293. The quantitative estimate of drug-likeness (QED) is 0.870. The van der Waals surface area contributed by atoms with Crippen LogP contribution in [-0.4, -0.2) is 26.4 Å². The van der Waals surface area contributed by atoms with E-state index in [0.29, 0.717) is 12.2 Å². The van der Waals surface area contributed by atoms with Crippen molar-refractivity contribution in [1.29, 1.82) is 0 Å². The Morgan fingerprint density at radius 3 is 2.78 bits per heavy atom. The molecular formula is C15H23NO2. The maximum absolute atomic E-state index is 6.15. The van der Waals surface area contributed by atoms with Crippen LogP contribution in [-0.2, 0) is 11.3 Å². The van der Waals surface area contributed by atoms with Gasteiger partial charge in [0, 0.05) is 25.6 Å². The van der Waals surface area contributed by atoms with Crippen LogP contribution in [0.3, 0.4) is 0 Å². The van der Waals surface area contributed by atoms with Gasteiger partial charge in [0.15, 0.2) is 0 Å². The second-order valence-corrected chi connectivity index (χ2v) is 4.90. The summed E-state index contributed by atoms with van der Waals surface area (Å²) in [6, 6.07) is 8.26. The Kier molecular flexibility index (Phi) is 5.02. The smallest absolute Gasteiger partial charge is 0.124 e. The first-order chi connectivity index (χ1) is 8.83. The van der Waals surface area contributed by atoms with Gasteiger partial charge in [0.05, 0.1) is 6.10 Å². The van der Waals surface area contributed by atoms with E-state index in [1.165, 1.54) is 12.0 Å². The standard InChI is InChI=1S/C15H23NO2/c1-16-11-12-6-3-4-9-15(12)18-14-8-5-7-13(10-14)17-2/h3-4,6,9,13-14,16H,5,7-8,10-11H2,1-2H3. The second-order valence-electron chi connectivity index (χ2n) is 4.90. The number of nitrogens with one attached hydrogen (secondary N) is 1. The Hall–Kier alpha value is -1.06. The lowest BCUT2D eigenvalue weighted by Crippen LogP contribution is -2.29. The third kappa shape index (κ3) is 3.47. The number of benzene rings is 1. The van der Waals surface area contributed by atoms with Gasteiger partial charge in [-0.3, -0.25) is 0 Å². The first kappa shape index (κ1) is 13.4. The molecule has 1 aromatic rings. The van der Waals surface area contributed by atoms with E-state index in [4.69, 9.17) is 9.47 Å². The Balaban J connectivity index is 1.99. The van der Waals surface area contributed by atoms with Crippen LogP contribution < -0.4 is 10.1 Å². The van der Waals surface area contributed by atoms with Crippen molar-refractivity contribution in [1.82, 2.24) is 5.32 Å².